The van der Waals surface area contributed by atoms with Gasteiger partial charge in [0.25, 0.3) is 0 Å². The number of nitrogens with zero attached hydrogens (tertiary/aromatic N) is 2. The Bertz CT molecular complexity index is 951. The van der Waals surface area contributed by atoms with Crippen LogP contribution in [0.25, 0.3) is 20.4 Å². The summed E-state index contributed by atoms with van der Waals surface area (Å²) in [5.41, 5.74) is 2.65. The van der Waals surface area contributed by atoms with E-state index in [-0.39, 0.29) is 0 Å². The monoisotopic (exact) mass is 384 g/mol. The van der Waals surface area contributed by atoms with Crippen molar-refractivity contribution in [1.82, 2.24) is 0 Å². The van der Waals surface area contributed by atoms with Crippen LogP contribution in [0.3, 0.4) is 0 Å². The standard InChI is InChI=1S/C21H24N2OS2/c1-16-22(18-8-3-5-10-20(18)25-16)12-7-14-24-15-13-23-17(2)26-21-11-6-4-9-19(21)23/h3-6,8-11H,7,12-15H2,1-2H3/q+2. The van der Waals surface area contributed by atoms with Crippen LogP contribution in [0.15, 0.2) is 48.5 Å². The summed E-state index contributed by atoms with van der Waals surface area (Å²) in [6.45, 7) is 7.89. The molecule has 2 aromatic heterocycles. The van der Waals surface area contributed by atoms with Crippen LogP contribution in [-0.4, -0.2) is 13.2 Å². The van der Waals surface area contributed by atoms with Gasteiger partial charge in [0.1, 0.15) is 16.0 Å². The van der Waals surface area contributed by atoms with Crippen molar-refractivity contribution < 1.29 is 13.9 Å². The molecule has 5 heteroatoms. The predicted molar refractivity (Wildman–Crippen MR) is 109 cm³/mol. The topological polar surface area (TPSA) is 17.0 Å². The van der Waals surface area contributed by atoms with Gasteiger partial charge in [0.15, 0.2) is 13.1 Å². The fourth-order valence-electron chi connectivity index (χ4n) is 3.44. The number of thiazole rings is 2. The zero-order chi connectivity index (χ0) is 17.9. The normalized spacial score (nSPS) is 11.6. The number of aryl methyl sites for hydroxylation is 3. The van der Waals surface area contributed by atoms with Crippen molar-refractivity contribution in [3.8, 4) is 0 Å². The molecule has 0 saturated heterocycles. The molecule has 4 aromatic rings. The molecule has 0 aliphatic rings. The van der Waals surface area contributed by atoms with Gasteiger partial charge < -0.3 is 4.74 Å². The van der Waals surface area contributed by atoms with E-state index in [1.165, 1.54) is 30.4 Å². The molecule has 2 heterocycles. The van der Waals surface area contributed by atoms with Crippen LogP contribution in [0.2, 0.25) is 0 Å². The number of hydrogen-bond donors (Lipinski definition) is 0. The Morgan fingerprint density at radius 2 is 1.27 bits per heavy atom. The van der Waals surface area contributed by atoms with Crippen LogP contribution in [0.5, 0.6) is 0 Å². The Hall–Kier alpha value is -1.82. The van der Waals surface area contributed by atoms with Crippen LogP contribution in [0.4, 0.5) is 0 Å². The summed E-state index contributed by atoms with van der Waals surface area (Å²) in [6, 6.07) is 17.2. The van der Waals surface area contributed by atoms with Gasteiger partial charge in [-0.2, -0.15) is 9.13 Å². The lowest BCUT2D eigenvalue weighted by molar-refractivity contribution is -0.677. The first-order valence-corrected chi connectivity index (χ1v) is 10.7. The maximum atomic E-state index is 5.93. The van der Waals surface area contributed by atoms with Gasteiger partial charge in [-0.25, -0.2) is 0 Å². The highest BCUT2D eigenvalue weighted by Crippen LogP contribution is 2.20. The lowest BCUT2D eigenvalue weighted by Crippen LogP contribution is -2.38. The van der Waals surface area contributed by atoms with Gasteiger partial charge in [0, 0.05) is 32.4 Å². The molecular formula is C21H24N2OS2+2. The van der Waals surface area contributed by atoms with Crippen molar-refractivity contribution >= 4 is 43.1 Å². The van der Waals surface area contributed by atoms with E-state index in [1.807, 2.05) is 22.7 Å². The molecular weight excluding hydrogens is 360 g/mol. The summed E-state index contributed by atoms with van der Waals surface area (Å²) in [5, 5.41) is 2.70. The Morgan fingerprint density at radius 3 is 1.88 bits per heavy atom. The van der Waals surface area contributed by atoms with E-state index in [2.05, 4.69) is 71.5 Å². The van der Waals surface area contributed by atoms with Crippen LogP contribution < -0.4 is 9.13 Å². The molecule has 134 valence electrons. The van der Waals surface area contributed by atoms with Crippen molar-refractivity contribution in [3.05, 3.63) is 58.5 Å². The predicted octanol–water partition coefficient (Wildman–Crippen LogP) is 4.41. The minimum absolute atomic E-state index is 0.764. The first kappa shape index (κ1) is 17.6. The highest BCUT2D eigenvalue weighted by molar-refractivity contribution is 7.18. The molecule has 3 nitrogen and oxygen atoms in total. The molecule has 0 atom stereocenters. The number of hydrogen-bond acceptors (Lipinski definition) is 3. The van der Waals surface area contributed by atoms with Gasteiger partial charge in [-0.1, -0.05) is 46.9 Å². The Labute approximate surface area is 162 Å². The van der Waals surface area contributed by atoms with Gasteiger partial charge >= 0.3 is 0 Å². The third-order valence-electron chi connectivity index (χ3n) is 4.72. The molecule has 0 amide bonds. The van der Waals surface area contributed by atoms with E-state index >= 15 is 0 Å². The molecule has 0 bridgehead atoms. The van der Waals surface area contributed by atoms with E-state index in [1.54, 1.807) is 0 Å². The maximum absolute atomic E-state index is 5.93. The van der Waals surface area contributed by atoms with Crippen molar-refractivity contribution in [2.45, 2.75) is 33.4 Å². The summed E-state index contributed by atoms with van der Waals surface area (Å²) in [7, 11) is 0. The van der Waals surface area contributed by atoms with Crippen molar-refractivity contribution in [2.75, 3.05) is 13.2 Å². The number of aromatic nitrogens is 2. The largest absolute Gasteiger partial charge is 0.375 e. The Kier molecular flexibility index (Phi) is 5.29. The molecule has 0 aliphatic carbocycles. The summed E-state index contributed by atoms with van der Waals surface area (Å²) >= 11 is 3.72. The molecule has 26 heavy (non-hydrogen) atoms. The van der Waals surface area contributed by atoms with Gasteiger partial charge in [0.05, 0.1) is 6.61 Å². The highest BCUT2D eigenvalue weighted by atomic mass is 32.1. The third-order valence-corrected chi connectivity index (χ3v) is 6.88. The SMILES string of the molecule is Cc1sc2ccccc2[n+]1CCCOCC[n+]1c(C)sc2ccccc21. The van der Waals surface area contributed by atoms with Crippen LogP contribution >= 0.6 is 22.7 Å². The van der Waals surface area contributed by atoms with Crippen LogP contribution in [0.1, 0.15) is 16.4 Å². The first-order chi connectivity index (χ1) is 12.7. The lowest BCUT2D eigenvalue weighted by Gasteiger charge is -2.01. The second kappa shape index (κ2) is 7.82. The average Bonchev–Trinajstić information content (AvgIpc) is 3.14. The van der Waals surface area contributed by atoms with Crippen molar-refractivity contribution in [3.63, 3.8) is 0 Å². The molecule has 0 fully saturated rings. The number of fused-ring (bicyclic) bond motifs is 2. The van der Waals surface area contributed by atoms with E-state index < -0.39 is 0 Å². The minimum atomic E-state index is 0.764. The number of benzene rings is 2. The quantitative estimate of drug-likeness (QED) is 0.341. The Balaban J connectivity index is 1.29. The average molecular weight is 385 g/mol. The Morgan fingerprint density at radius 1 is 0.731 bits per heavy atom. The number of para-hydroxylation sites is 2. The van der Waals surface area contributed by atoms with E-state index in [9.17, 15) is 0 Å². The molecule has 0 spiro atoms. The second-order valence-corrected chi connectivity index (χ2v) is 8.92. The van der Waals surface area contributed by atoms with Crippen LogP contribution in [-0.2, 0) is 17.8 Å². The van der Waals surface area contributed by atoms with Crippen molar-refractivity contribution in [2.24, 2.45) is 0 Å². The zero-order valence-corrected chi connectivity index (χ0v) is 16.9. The maximum Gasteiger partial charge on any atom is 0.235 e. The number of rotatable bonds is 7. The highest BCUT2D eigenvalue weighted by Gasteiger charge is 2.17. The van der Waals surface area contributed by atoms with Gasteiger partial charge in [-0.15, -0.1) is 0 Å². The lowest BCUT2D eigenvalue weighted by atomic mass is 10.3. The first-order valence-electron chi connectivity index (χ1n) is 9.08. The zero-order valence-electron chi connectivity index (χ0n) is 15.3. The fourth-order valence-corrected chi connectivity index (χ4v) is 5.53. The summed E-state index contributed by atoms with van der Waals surface area (Å²) < 4.78 is 13.4. The molecule has 0 N–H and O–H groups in total. The van der Waals surface area contributed by atoms with Gasteiger partial charge in [0.2, 0.25) is 21.0 Å². The third kappa shape index (κ3) is 3.52. The van der Waals surface area contributed by atoms with E-state index in [4.69, 9.17) is 4.74 Å². The summed E-state index contributed by atoms with van der Waals surface area (Å²) in [5.74, 6) is 0. The molecule has 0 aliphatic heterocycles. The van der Waals surface area contributed by atoms with Crippen molar-refractivity contribution in [1.29, 1.82) is 0 Å². The molecule has 2 aromatic carbocycles. The summed E-state index contributed by atoms with van der Waals surface area (Å²) in [4.78, 5) is 0. The molecule has 0 unspecified atom stereocenters. The molecule has 0 saturated carbocycles. The van der Waals surface area contributed by atoms with E-state index in [0.717, 1.165) is 32.7 Å². The molecule has 4 rings (SSSR count). The summed E-state index contributed by atoms with van der Waals surface area (Å²) in [6.07, 6.45) is 1.04. The fraction of sp³-hybridized carbons (Fsp3) is 0.333. The smallest absolute Gasteiger partial charge is 0.235 e. The van der Waals surface area contributed by atoms with Gasteiger partial charge in [-0.3, -0.25) is 0 Å². The second-order valence-electron chi connectivity index (χ2n) is 6.45. The van der Waals surface area contributed by atoms with Crippen LogP contribution in [0, 0.1) is 13.8 Å². The van der Waals surface area contributed by atoms with Gasteiger partial charge in [-0.05, 0) is 12.1 Å². The number of ether oxygens (including phenoxy) is 1. The van der Waals surface area contributed by atoms with E-state index in [0.29, 0.717) is 0 Å². The molecule has 0 radical (unpaired) electrons. The minimum Gasteiger partial charge on any atom is -0.375 e.